The molecular weight excluding hydrogens is 476 g/mol. The molecule has 0 bridgehead atoms. The maximum atomic E-state index is 6.50. The van der Waals surface area contributed by atoms with E-state index in [0.717, 1.165) is 46.7 Å². The average Bonchev–Trinajstić information content (AvgIpc) is 3.28. The molecule has 0 fully saturated rings. The number of ether oxygens (including phenoxy) is 2. The second-order valence-corrected chi connectivity index (χ2v) is 9.71. The third kappa shape index (κ3) is 4.65. The minimum absolute atomic E-state index is 0.137. The minimum Gasteiger partial charge on any atom is -0.494 e. The Balaban J connectivity index is 1.44. The number of unbranched alkanes of at least 4 members (excludes halogenated alkanes) is 2. The Bertz CT molecular complexity index is 1140. The third-order valence-corrected chi connectivity index (χ3v) is 6.81. The Hall–Kier alpha value is -2.79. The van der Waals surface area contributed by atoms with E-state index in [-0.39, 0.29) is 12.3 Å². The zero-order valence-electron chi connectivity index (χ0n) is 19.1. The summed E-state index contributed by atoms with van der Waals surface area (Å²) in [7, 11) is 0. The van der Waals surface area contributed by atoms with Crippen LogP contribution in [-0.2, 0) is 0 Å². The molecule has 3 aromatic carbocycles. The summed E-state index contributed by atoms with van der Waals surface area (Å²) in [5.74, 6) is 1.82. The van der Waals surface area contributed by atoms with Crippen molar-refractivity contribution < 1.29 is 9.47 Å². The van der Waals surface area contributed by atoms with Gasteiger partial charge in [-0.3, -0.25) is 0 Å². The van der Waals surface area contributed by atoms with Crippen molar-refractivity contribution in [2.24, 2.45) is 5.10 Å². The van der Waals surface area contributed by atoms with Gasteiger partial charge in [0.25, 0.3) is 0 Å². The number of hydrogen-bond donors (Lipinski definition) is 0. The van der Waals surface area contributed by atoms with E-state index in [4.69, 9.17) is 14.6 Å². The molecule has 5 rings (SSSR count). The fraction of sp³-hybridized carbons (Fsp3) is 0.321. The van der Waals surface area contributed by atoms with Gasteiger partial charge in [-0.05, 0) is 61.4 Å². The molecule has 0 amide bonds. The SMILES string of the molecule is CCCCCOc1ccc(C2Oc3ccc(Br)cc3C3CC(c4ccc(C)cc4)=NN32)cc1. The van der Waals surface area contributed by atoms with Crippen LogP contribution in [0.4, 0.5) is 0 Å². The molecule has 170 valence electrons. The molecule has 3 aromatic rings. The number of rotatable bonds is 7. The highest BCUT2D eigenvalue weighted by molar-refractivity contribution is 9.10. The van der Waals surface area contributed by atoms with Crippen LogP contribution in [0.2, 0.25) is 0 Å². The van der Waals surface area contributed by atoms with Gasteiger partial charge in [0.05, 0.1) is 18.4 Å². The van der Waals surface area contributed by atoms with Crippen molar-refractivity contribution in [3.63, 3.8) is 0 Å². The first-order valence-electron chi connectivity index (χ1n) is 11.7. The average molecular weight is 505 g/mol. The Morgan fingerprint density at radius 3 is 2.58 bits per heavy atom. The number of hydrazone groups is 1. The summed E-state index contributed by atoms with van der Waals surface area (Å²) >= 11 is 3.63. The molecule has 0 saturated carbocycles. The highest BCUT2D eigenvalue weighted by Gasteiger charge is 2.41. The number of halogens is 1. The van der Waals surface area contributed by atoms with Gasteiger partial charge in [0.15, 0.2) is 0 Å². The van der Waals surface area contributed by atoms with Gasteiger partial charge in [-0.2, -0.15) is 5.10 Å². The van der Waals surface area contributed by atoms with Gasteiger partial charge < -0.3 is 9.47 Å². The summed E-state index contributed by atoms with van der Waals surface area (Å²) in [6, 6.07) is 23.3. The lowest BCUT2D eigenvalue weighted by atomic mass is 9.95. The second-order valence-electron chi connectivity index (χ2n) is 8.79. The smallest absolute Gasteiger partial charge is 0.213 e. The van der Waals surface area contributed by atoms with Crippen LogP contribution >= 0.6 is 15.9 Å². The van der Waals surface area contributed by atoms with E-state index < -0.39 is 0 Å². The van der Waals surface area contributed by atoms with E-state index in [0.29, 0.717) is 0 Å². The monoisotopic (exact) mass is 504 g/mol. The molecule has 0 N–H and O–H groups in total. The van der Waals surface area contributed by atoms with Crippen LogP contribution in [0.15, 0.2) is 76.3 Å². The second kappa shape index (κ2) is 9.60. The first-order valence-corrected chi connectivity index (χ1v) is 12.5. The van der Waals surface area contributed by atoms with Crippen LogP contribution in [0.1, 0.15) is 67.1 Å². The summed E-state index contributed by atoms with van der Waals surface area (Å²) in [4.78, 5) is 0. The summed E-state index contributed by atoms with van der Waals surface area (Å²) in [5.41, 5.74) is 5.76. The van der Waals surface area contributed by atoms with Crippen molar-refractivity contribution in [2.75, 3.05) is 6.61 Å². The standard InChI is InChI=1S/C28H29BrN2O2/c1-3-4-5-16-32-23-13-10-21(11-14-23)28-31-26(24-17-22(29)12-15-27(24)33-28)18-25(30-31)20-8-6-19(2)7-9-20/h6-15,17,26,28H,3-5,16,18H2,1-2H3. The molecule has 2 heterocycles. The van der Waals surface area contributed by atoms with Crippen molar-refractivity contribution >= 4 is 21.6 Å². The minimum atomic E-state index is -0.277. The normalized spacial score (nSPS) is 18.9. The Morgan fingerprint density at radius 2 is 1.82 bits per heavy atom. The summed E-state index contributed by atoms with van der Waals surface area (Å²) in [6.07, 6.45) is 4.05. The van der Waals surface area contributed by atoms with Crippen LogP contribution < -0.4 is 9.47 Å². The number of benzene rings is 3. The quantitative estimate of drug-likeness (QED) is 0.311. The number of fused-ring (bicyclic) bond motifs is 3. The van der Waals surface area contributed by atoms with E-state index in [2.05, 4.69) is 83.3 Å². The molecule has 2 atom stereocenters. The molecule has 0 aromatic heterocycles. The maximum Gasteiger partial charge on any atom is 0.213 e. The summed E-state index contributed by atoms with van der Waals surface area (Å²) < 4.78 is 13.5. The molecule has 33 heavy (non-hydrogen) atoms. The van der Waals surface area contributed by atoms with Gasteiger partial charge in [0.2, 0.25) is 6.23 Å². The number of nitrogens with zero attached hydrogens (tertiary/aromatic N) is 2. The summed E-state index contributed by atoms with van der Waals surface area (Å²) in [6.45, 7) is 5.07. The van der Waals surface area contributed by atoms with Crippen LogP contribution in [0.3, 0.4) is 0 Å². The van der Waals surface area contributed by atoms with E-state index in [9.17, 15) is 0 Å². The van der Waals surface area contributed by atoms with Crippen molar-refractivity contribution in [3.05, 3.63) is 93.5 Å². The fourth-order valence-corrected chi connectivity index (χ4v) is 4.85. The largest absolute Gasteiger partial charge is 0.494 e. The Morgan fingerprint density at radius 1 is 1.03 bits per heavy atom. The lowest BCUT2D eigenvalue weighted by Crippen LogP contribution is -2.33. The summed E-state index contributed by atoms with van der Waals surface area (Å²) in [5, 5.41) is 7.19. The fourth-order valence-electron chi connectivity index (χ4n) is 4.47. The molecule has 0 radical (unpaired) electrons. The van der Waals surface area contributed by atoms with Crippen LogP contribution in [-0.4, -0.2) is 17.3 Å². The topological polar surface area (TPSA) is 34.1 Å². The van der Waals surface area contributed by atoms with Crippen LogP contribution in [0.25, 0.3) is 0 Å². The van der Waals surface area contributed by atoms with Gasteiger partial charge >= 0.3 is 0 Å². The predicted molar refractivity (Wildman–Crippen MR) is 136 cm³/mol. The molecule has 0 saturated heterocycles. The zero-order valence-corrected chi connectivity index (χ0v) is 20.7. The third-order valence-electron chi connectivity index (χ3n) is 6.32. The van der Waals surface area contributed by atoms with E-state index in [1.807, 2.05) is 18.2 Å². The first kappa shape index (κ1) is 22.0. The maximum absolute atomic E-state index is 6.50. The van der Waals surface area contributed by atoms with Crippen LogP contribution in [0.5, 0.6) is 11.5 Å². The molecule has 5 heteroatoms. The van der Waals surface area contributed by atoms with Gasteiger partial charge in [-0.15, -0.1) is 0 Å². The van der Waals surface area contributed by atoms with Crippen molar-refractivity contribution in [1.82, 2.24) is 5.01 Å². The molecule has 0 spiro atoms. The van der Waals surface area contributed by atoms with Gasteiger partial charge in [-0.25, -0.2) is 5.01 Å². The molecular formula is C28H29BrN2O2. The Kier molecular flexibility index (Phi) is 6.41. The molecule has 2 aliphatic rings. The lowest BCUT2D eigenvalue weighted by molar-refractivity contribution is -0.0191. The molecule has 0 aliphatic carbocycles. The van der Waals surface area contributed by atoms with Crippen molar-refractivity contribution in [2.45, 2.75) is 51.8 Å². The number of aryl methyl sites for hydroxylation is 1. The highest BCUT2D eigenvalue weighted by atomic mass is 79.9. The molecule has 2 aliphatic heterocycles. The van der Waals surface area contributed by atoms with Crippen molar-refractivity contribution in [1.29, 1.82) is 0 Å². The zero-order chi connectivity index (χ0) is 22.8. The molecule has 2 unspecified atom stereocenters. The lowest BCUT2D eigenvalue weighted by Gasteiger charge is -2.38. The van der Waals surface area contributed by atoms with E-state index >= 15 is 0 Å². The van der Waals surface area contributed by atoms with Gasteiger partial charge in [0, 0.05) is 22.0 Å². The first-order chi connectivity index (χ1) is 16.1. The van der Waals surface area contributed by atoms with E-state index in [1.165, 1.54) is 29.5 Å². The highest BCUT2D eigenvalue weighted by Crippen LogP contribution is 2.48. The van der Waals surface area contributed by atoms with Gasteiger partial charge in [0.1, 0.15) is 11.5 Å². The number of hydrogen-bond acceptors (Lipinski definition) is 4. The van der Waals surface area contributed by atoms with Crippen molar-refractivity contribution in [3.8, 4) is 11.5 Å². The van der Waals surface area contributed by atoms with Crippen LogP contribution in [0, 0.1) is 6.92 Å². The predicted octanol–water partition coefficient (Wildman–Crippen LogP) is 7.57. The molecule has 4 nitrogen and oxygen atoms in total. The Labute approximate surface area is 204 Å². The van der Waals surface area contributed by atoms with E-state index in [1.54, 1.807) is 0 Å². The van der Waals surface area contributed by atoms with Gasteiger partial charge in [-0.1, -0.05) is 65.5 Å².